The molecular weight excluding hydrogens is 985 g/mol. The molecular formula is C53H84N2O18S. The summed E-state index contributed by atoms with van der Waals surface area (Å²) in [5, 5.41) is 113. The van der Waals surface area contributed by atoms with Gasteiger partial charge < -0.3 is 85.8 Å². The lowest BCUT2D eigenvalue weighted by Gasteiger charge is -2.46. The first-order valence-electron chi connectivity index (χ1n) is 25.3. The molecule has 2 bridgehead atoms. The number of nitrogens with one attached hydrogen (secondary N) is 1. The van der Waals surface area contributed by atoms with Gasteiger partial charge in [0.05, 0.1) is 92.6 Å². The number of aliphatic hydroxyl groups excluding tert-OH is 9. The third kappa shape index (κ3) is 21.8. The fraction of sp³-hybridized carbons (Fsp3) is 0.679. The predicted molar refractivity (Wildman–Crippen MR) is 276 cm³/mol. The molecule has 1 amide bonds. The highest BCUT2D eigenvalue weighted by atomic mass is 32.2. The van der Waals surface area contributed by atoms with Gasteiger partial charge in [0.1, 0.15) is 18.2 Å². The molecule has 0 spiro atoms. The molecule has 420 valence electrons. The van der Waals surface area contributed by atoms with Gasteiger partial charge in [-0.05, 0) is 51.5 Å². The van der Waals surface area contributed by atoms with Crippen molar-refractivity contribution in [3.8, 4) is 0 Å². The van der Waals surface area contributed by atoms with Gasteiger partial charge in [-0.2, -0.15) is 11.8 Å². The number of ether oxygens (including phenoxy) is 5. The van der Waals surface area contributed by atoms with Crippen LogP contribution in [0.1, 0.15) is 85.5 Å². The van der Waals surface area contributed by atoms with Crippen molar-refractivity contribution in [2.24, 2.45) is 23.5 Å². The number of hydrogen-bond donors (Lipinski definition) is 12. The number of fused-ring (bicyclic) bond motifs is 2. The quantitative estimate of drug-likeness (QED) is 0.151. The standard InChI is InChI=1S/C53H84N2O18S/c1-31-19-17-15-13-11-9-7-8-10-12-14-16-18-20-38(72-52-49(65)46(54)48(64)34(4)71-52)28-43-45(50(66)55-39(23-24-74-6)51(67)69-5)42(61)30-53(68,73-43)29-37(58)26-41(60)40(59)22-21-35(56)25-36(57)27-44(62)70-33(3)32(2)47(31)63/h7-20,31-43,45-49,52,56-61,63-65,68H,21-30,54H2,1-6H3,(H,55,66)/b8-7+,11-9+,12-10+,15-13+,16-14+,19-17+,20-18+/t31-,32-,33-,34+,35+,36+,37-,38-,39-,40+,41+,42-,43-,45+,46-,47+,48+,49-,52-,53+/m0/s1. The number of aliphatic hydroxyl groups is 10. The number of carbonyl (C=O) groups excluding carboxylic acids is 3. The Balaban J connectivity index is 1.99. The predicted octanol–water partition coefficient (Wildman–Crippen LogP) is 1.04. The molecule has 0 unspecified atom stereocenters. The van der Waals surface area contributed by atoms with Crippen molar-refractivity contribution in [3.63, 3.8) is 0 Å². The fourth-order valence-corrected chi connectivity index (χ4v) is 9.36. The van der Waals surface area contributed by atoms with Crippen LogP contribution in [0.3, 0.4) is 0 Å². The van der Waals surface area contributed by atoms with Crippen molar-refractivity contribution in [2.75, 3.05) is 19.1 Å². The van der Waals surface area contributed by atoms with Gasteiger partial charge in [0.2, 0.25) is 5.91 Å². The Morgan fingerprint density at radius 2 is 1.34 bits per heavy atom. The molecule has 3 heterocycles. The average Bonchev–Trinajstić information content (AvgIpc) is 3.33. The van der Waals surface area contributed by atoms with Crippen LogP contribution in [-0.4, -0.2) is 192 Å². The van der Waals surface area contributed by atoms with E-state index in [1.807, 2.05) is 31.4 Å². The smallest absolute Gasteiger partial charge is 0.328 e. The van der Waals surface area contributed by atoms with E-state index in [9.17, 15) is 65.4 Å². The van der Waals surface area contributed by atoms with E-state index in [0.29, 0.717) is 5.75 Å². The minimum Gasteiger partial charge on any atom is -0.467 e. The Bertz CT molecular complexity index is 1920. The Kier molecular flexibility index (Phi) is 28.7. The van der Waals surface area contributed by atoms with Crippen molar-refractivity contribution in [3.05, 3.63) is 85.1 Å². The minimum absolute atomic E-state index is 0.120. The number of cyclic esters (lactones) is 1. The molecule has 2 saturated heterocycles. The molecule has 20 atom stereocenters. The van der Waals surface area contributed by atoms with Gasteiger partial charge in [-0.1, -0.05) is 98.9 Å². The Morgan fingerprint density at radius 1 is 0.743 bits per heavy atom. The number of allylic oxidation sites excluding steroid dienone is 12. The maximum Gasteiger partial charge on any atom is 0.328 e. The second-order valence-electron chi connectivity index (χ2n) is 19.6. The number of esters is 2. The van der Waals surface area contributed by atoms with Gasteiger partial charge in [-0.25, -0.2) is 4.79 Å². The maximum atomic E-state index is 14.2. The van der Waals surface area contributed by atoms with Crippen LogP contribution in [0.2, 0.25) is 0 Å². The Hall–Kier alpha value is -3.62. The first-order chi connectivity index (χ1) is 35.0. The van der Waals surface area contributed by atoms with Gasteiger partial charge in [0, 0.05) is 37.5 Å². The molecule has 3 aliphatic rings. The molecule has 3 rings (SSSR count). The summed E-state index contributed by atoms with van der Waals surface area (Å²) in [5.74, 6) is -6.43. The van der Waals surface area contributed by atoms with E-state index in [-0.39, 0.29) is 38.0 Å². The molecule has 0 aromatic carbocycles. The SMILES string of the molecule is COC(=O)[C@H](CCSC)NC(=O)[C@H]1[C@@H]2C[C@@H](O[C@@H]3O[C@H](C)[C@@H](O)[C@H](N)[C@@H]3O)/C=C/C=C/C=C/C=C/C=C/C=C/C=C/[C@H](C)[C@@H](O)[C@@H](C)[C@H](C)OC(=O)C[C@H](O)C[C@H](O)CC[C@@H](O)[C@H](O)C[C@H](O)C[C@](O)(C[C@@H]1O)O2. The third-order valence-corrected chi connectivity index (χ3v) is 14.1. The summed E-state index contributed by atoms with van der Waals surface area (Å²) in [5.41, 5.74) is 6.12. The number of thioether (sulfide) groups is 1. The van der Waals surface area contributed by atoms with E-state index in [1.54, 1.807) is 80.7 Å². The highest BCUT2D eigenvalue weighted by molar-refractivity contribution is 7.98. The summed E-state index contributed by atoms with van der Waals surface area (Å²) in [6, 6.07) is -2.29. The van der Waals surface area contributed by atoms with Crippen LogP contribution in [-0.2, 0) is 38.1 Å². The molecule has 21 heteroatoms. The van der Waals surface area contributed by atoms with Gasteiger partial charge in [0.25, 0.3) is 0 Å². The van der Waals surface area contributed by atoms with Gasteiger partial charge in [-0.3, -0.25) is 9.59 Å². The zero-order valence-electron chi connectivity index (χ0n) is 43.3. The van der Waals surface area contributed by atoms with E-state index in [2.05, 4.69) is 5.32 Å². The molecule has 0 radical (unpaired) electrons. The van der Waals surface area contributed by atoms with Crippen LogP contribution in [0, 0.1) is 17.8 Å². The first kappa shape index (κ1) is 64.7. The number of methoxy groups -OCH3 is 1. The van der Waals surface area contributed by atoms with Gasteiger partial charge in [0.15, 0.2) is 12.1 Å². The lowest BCUT2D eigenvalue weighted by atomic mass is 9.82. The van der Waals surface area contributed by atoms with Crippen molar-refractivity contribution in [1.29, 1.82) is 0 Å². The number of hydrogen-bond acceptors (Lipinski definition) is 20. The second-order valence-corrected chi connectivity index (χ2v) is 20.6. The molecule has 2 fully saturated rings. The van der Waals surface area contributed by atoms with Gasteiger partial charge >= 0.3 is 11.9 Å². The molecule has 0 saturated carbocycles. The average molecular weight is 1070 g/mol. The lowest BCUT2D eigenvalue weighted by molar-refractivity contribution is -0.307. The fourth-order valence-electron chi connectivity index (χ4n) is 8.88. The number of amides is 1. The van der Waals surface area contributed by atoms with Crippen LogP contribution in [0.4, 0.5) is 0 Å². The van der Waals surface area contributed by atoms with Crippen LogP contribution in [0.15, 0.2) is 85.1 Å². The largest absolute Gasteiger partial charge is 0.467 e. The normalized spacial score (nSPS) is 41.7. The summed E-state index contributed by atoms with van der Waals surface area (Å²) < 4.78 is 28.7. The minimum atomic E-state index is -2.36. The number of carbonyl (C=O) groups is 3. The summed E-state index contributed by atoms with van der Waals surface area (Å²) in [4.78, 5) is 39.7. The highest BCUT2D eigenvalue weighted by Crippen LogP contribution is 2.38. The topological polar surface area (TPSA) is 338 Å². The second kappa shape index (κ2) is 32.8. The third-order valence-electron chi connectivity index (χ3n) is 13.5. The van der Waals surface area contributed by atoms with E-state index >= 15 is 0 Å². The van der Waals surface area contributed by atoms with Crippen molar-refractivity contribution >= 4 is 29.6 Å². The highest BCUT2D eigenvalue weighted by Gasteiger charge is 2.51. The molecule has 0 aromatic heterocycles. The summed E-state index contributed by atoms with van der Waals surface area (Å²) >= 11 is 1.42. The summed E-state index contributed by atoms with van der Waals surface area (Å²) in [6.45, 7) is 6.75. The molecule has 0 aliphatic carbocycles. The number of rotatable bonds is 8. The van der Waals surface area contributed by atoms with Crippen LogP contribution < -0.4 is 11.1 Å². The maximum absolute atomic E-state index is 14.2. The molecule has 13 N–H and O–H groups in total. The van der Waals surface area contributed by atoms with E-state index in [4.69, 9.17) is 29.4 Å². The molecule has 0 aromatic rings. The van der Waals surface area contributed by atoms with E-state index in [1.165, 1.54) is 25.8 Å². The summed E-state index contributed by atoms with van der Waals surface area (Å²) in [6.07, 6.45) is 5.29. The molecule has 74 heavy (non-hydrogen) atoms. The van der Waals surface area contributed by atoms with Crippen molar-refractivity contribution in [1.82, 2.24) is 5.32 Å². The number of nitrogens with two attached hydrogens (primary N) is 1. The zero-order valence-corrected chi connectivity index (χ0v) is 44.2. The lowest BCUT2D eigenvalue weighted by Crippen LogP contribution is -2.62. The van der Waals surface area contributed by atoms with E-state index < -0.39 is 159 Å². The first-order valence-corrected chi connectivity index (χ1v) is 26.7. The molecule has 3 aliphatic heterocycles. The van der Waals surface area contributed by atoms with Crippen LogP contribution in [0.25, 0.3) is 0 Å². The van der Waals surface area contributed by atoms with Crippen LogP contribution in [0.5, 0.6) is 0 Å². The Morgan fingerprint density at radius 3 is 1.93 bits per heavy atom. The van der Waals surface area contributed by atoms with Crippen molar-refractivity contribution in [2.45, 2.75) is 189 Å². The molecule has 20 nitrogen and oxygen atoms in total. The summed E-state index contributed by atoms with van der Waals surface area (Å²) in [7, 11) is 1.17. The van der Waals surface area contributed by atoms with Gasteiger partial charge in [-0.15, -0.1) is 0 Å². The van der Waals surface area contributed by atoms with E-state index in [0.717, 1.165) is 0 Å². The Labute approximate surface area is 439 Å². The van der Waals surface area contributed by atoms with Crippen molar-refractivity contribution < 1.29 is 89.1 Å². The van der Waals surface area contributed by atoms with Crippen LogP contribution >= 0.6 is 11.8 Å². The zero-order chi connectivity index (χ0) is 55.1. The monoisotopic (exact) mass is 1070 g/mol.